The zero-order valence-electron chi connectivity index (χ0n) is 11.2. The lowest BCUT2D eigenvalue weighted by molar-refractivity contribution is 0.582. The summed E-state index contributed by atoms with van der Waals surface area (Å²) in [5.41, 5.74) is 1.25. The number of nitrogens with one attached hydrogen (secondary N) is 1. The molecule has 0 aromatic carbocycles. The SMILES string of the molecule is CN(C)c1ncc(CNCCCC2CC2)n1C. The smallest absolute Gasteiger partial charge is 0.204 e. The number of hydrogen-bond acceptors (Lipinski definition) is 3. The van der Waals surface area contributed by atoms with Crippen LogP contribution >= 0.6 is 0 Å². The Hall–Kier alpha value is -1.03. The Morgan fingerprint density at radius 3 is 2.82 bits per heavy atom. The molecule has 4 heteroatoms. The van der Waals surface area contributed by atoms with Crippen molar-refractivity contribution in [2.75, 3.05) is 25.5 Å². The van der Waals surface area contributed by atoms with Gasteiger partial charge in [0.05, 0.1) is 11.9 Å². The van der Waals surface area contributed by atoms with Crippen molar-refractivity contribution < 1.29 is 0 Å². The van der Waals surface area contributed by atoms with Gasteiger partial charge in [0, 0.05) is 27.7 Å². The van der Waals surface area contributed by atoms with E-state index in [-0.39, 0.29) is 0 Å². The summed E-state index contributed by atoms with van der Waals surface area (Å²) in [6.07, 6.45) is 7.61. The molecule has 0 saturated heterocycles. The van der Waals surface area contributed by atoms with Gasteiger partial charge in [0.2, 0.25) is 5.95 Å². The third-order valence-corrected chi connectivity index (χ3v) is 3.43. The van der Waals surface area contributed by atoms with Gasteiger partial charge in [-0.3, -0.25) is 0 Å². The van der Waals surface area contributed by atoms with E-state index in [0.29, 0.717) is 0 Å². The van der Waals surface area contributed by atoms with Crippen molar-refractivity contribution in [3.63, 3.8) is 0 Å². The summed E-state index contributed by atoms with van der Waals surface area (Å²) in [4.78, 5) is 6.44. The summed E-state index contributed by atoms with van der Waals surface area (Å²) in [6, 6.07) is 0. The van der Waals surface area contributed by atoms with Gasteiger partial charge < -0.3 is 14.8 Å². The summed E-state index contributed by atoms with van der Waals surface area (Å²) >= 11 is 0. The molecule has 2 rings (SSSR count). The van der Waals surface area contributed by atoms with E-state index in [1.165, 1.54) is 31.4 Å². The molecule has 17 heavy (non-hydrogen) atoms. The average Bonchev–Trinajstić information content (AvgIpc) is 3.03. The van der Waals surface area contributed by atoms with Gasteiger partial charge in [0.15, 0.2) is 0 Å². The summed E-state index contributed by atoms with van der Waals surface area (Å²) in [5, 5.41) is 3.50. The van der Waals surface area contributed by atoms with Crippen molar-refractivity contribution in [3.8, 4) is 0 Å². The van der Waals surface area contributed by atoms with E-state index in [1.54, 1.807) is 0 Å². The molecular weight excluding hydrogens is 212 g/mol. The minimum atomic E-state index is 0.919. The third-order valence-electron chi connectivity index (χ3n) is 3.43. The van der Waals surface area contributed by atoms with Crippen LogP contribution < -0.4 is 10.2 Å². The molecule has 1 aliphatic rings. The van der Waals surface area contributed by atoms with E-state index in [1.807, 2.05) is 25.2 Å². The van der Waals surface area contributed by atoms with Crippen LogP contribution in [0.3, 0.4) is 0 Å². The molecule has 1 fully saturated rings. The highest BCUT2D eigenvalue weighted by Crippen LogP contribution is 2.33. The van der Waals surface area contributed by atoms with Gasteiger partial charge >= 0.3 is 0 Å². The molecule has 1 N–H and O–H groups in total. The first-order valence-corrected chi connectivity index (χ1v) is 6.57. The topological polar surface area (TPSA) is 33.1 Å². The number of imidazole rings is 1. The second-order valence-corrected chi connectivity index (χ2v) is 5.27. The third kappa shape index (κ3) is 3.46. The highest BCUT2D eigenvalue weighted by molar-refractivity contribution is 5.30. The standard InChI is InChI=1S/C13H24N4/c1-16(2)13-15-10-12(17(13)3)9-14-8-4-5-11-6-7-11/h10-11,14H,4-9H2,1-3H3. The minimum Gasteiger partial charge on any atom is -0.348 e. The van der Waals surface area contributed by atoms with Crippen LogP contribution in [-0.2, 0) is 13.6 Å². The Morgan fingerprint density at radius 1 is 1.47 bits per heavy atom. The first-order chi connectivity index (χ1) is 8.18. The normalized spacial score (nSPS) is 15.2. The van der Waals surface area contributed by atoms with Crippen LogP contribution in [0.25, 0.3) is 0 Å². The van der Waals surface area contributed by atoms with E-state index < -0.39 is 0 Å². The Kier molecular flexibility index (Phi) is 4.05. The second kappa shape index (κ2) is 5.54. The van der Waals surface area contributed by atoms with E-state index in [9.17, 15) is 0 Å². The fraction of sp³-hybridized carbons (Fsp3) is 0.769. The summed E-state index contributed by atoms with van der Waals surface area (Å²) < 4.78 is 2.15. The minimum absolute atomic E-state index is 0.919. The van der Waals surface area contributed by atoms with Gasteiger partial charge in [-0.15, -0.1) is 0 Å². The fourth-order valence-electron chi connectivity index (χ4n) is 2.15. The van der Waals surface area contributed by atoms with Gasteiger partial charge in [-0.2, -0.15) is 0 Å². The largest absolute Gasteiger partial charge is 0.348 e. The molecule has 0 radical (unpaired) electrons. The van der Waals surface area contributed by atoms with Crippen molar-refractivity contribution in [1.29, 1.82) is 0 Å². The van der Waals surface area contributed by atoms with Gasteiger partial charge in [-0.25, -0.2) is 4.98 Å². The van der Waals surface area contributed by atoms with Crippen LogP contribution in [0.2, 0.25) is 0 Å². The Bertz CT molecular complexity index is 352. The van der Waals surface area contributed by atoms with Crippen molar-refractivity contribution in [1.82, 2.24) is 14.9 Å². The number of rotatable bonds is 7. The van der Waals surface area contributed by atoms with E-state index >= 15 is 0 Å². The highest BCUT2D eigenvalue weighted by Gasteiger charge is 2.19. The van der Waals surface area contributed by atoms with Crippen LogP contribution in [0.4, 0.5) is 5.95 Å². The van der Waals surface area contributed by atoms with Gasteiger partial charge in [-0.05, 0) is 25.3 Å². The molecule has 0 atom stereocenters. The Morgan fingerprint density at radius 2 is 2.24 bits per heavy atom. The number of nitrogens with zero attached hydrogens (tertiary/aromatic N) is 3. The summed E-state index contributed by atoms with van der Waals surface area (Å²) in [7, 11) is 6.12. The molecule has 4 nitrogen and oxygen atoms in total. The Balaban J connectivity index is 1.70. The molecule has 1 aromatic heterocycles. The summed E-state index contributed by atoms with van der Waals surface area (Å²) in [5.74, 6) is 2.06. The molecule has 0 amide bonds. The predicted octanol–water partition coefficient (Wildman–Crippen LogP) is 1.77. The molecule has 0 spiro atoms. The van der Waals surface area contributed by atoms with Crippen molar-refractivity contribution in [2.45, 2.75) is 32.2 Å². The number of aromatic nitrogens is 2. The first kappa shape index (κ1) is 12.4. The van der Waals surface area contributed by atoms with Gasteiger partial charge in [-0.1, -0.05) is 12.8 Å². The van der Waals surface area contributed by atoms with Crippen LogP contribution in [0.1, 0.15) is 31.4 Å². The summed E-state index contributed by atoms with van der Waals surface area (Å²) in [6.45, 7) is 2.04. The second-order valence-electron chi connectivity index (χ2n) is 5.27. The van der Waals surface area contributed by atoms with Crippen LogP contribution in [0.5, 0.6) is 0 Å². The lowest BCUT2D eigenvalue weighted by Gasteiger charge is -2.12. The molecule has 1 aromatic rings. The van der Waals surface area contributed by atoms with Gasteiger partial charge in [0.1, 0.15) is 0 Å². The molecule has 0 unspecified atom stereocenters. The lowest BCUT2D eigenvalue weighted by Crippen LogP contribution is -2.19. The first-order valence-electron chi connectivity index (χ1n) is 6.57. The van der Waals surface area contributed by atoms with Crippen LogP contribution in [-0.4, -0.2) is 30.2 Å². The fourth-order valence-corrected chi connectivity index (χ4v) is 2.15. The average molecular weight is 236 g/mol. The zero-order chi connectivity index (χ0) is 12.3. The maximum Gasteiger partial charge on any atom is 0.204 e. The lowest BCUT2D eigenvalue weighted by atomic mass is 10.2. The number of anilines is 1. The van der Waals surface area contributed by atoms with E-state index in [0.717, 1.165) is 25.0 Å². The molecular formula is C13H24N4. The monoisotopic (exact) mass is 236 g/mol. The van der Waals surface area contributed by atoms with Crippen molar-refractivity contribution >= 4 is 5.95 Å². The van der Waals surface area contributed by atoms with Crippen LogP contribution in [0.15, 0.2) is 6.20 Å². The number of hydrogen-bond donors (Lipinski definition) is 1. The molecule has 96 valence electrons. The maximum atomic E-state index is 4.40. The van der Waals surface area contributed by atoms with E-state index in [2.05, 4.69) is 21.9 Å². The molecule has 0 aliphatic heterocycles. The predicted molar refractivity (Wildman–Crippen MR) is 71.2 cm³/mol. The quantitative estimate of drug-likeness (QED) is 0.732. The molecule has 1 aliphatic carbocycles. The van der Waals surface area contributed by atoms with Gasteiger partial charge in [0.25, 0.3) is 0 Å². The maximum absolute atomic E-state index is 4.40. The van der Waals surface area contributed by atoms with Crippen LogP contribution in [0, 0.1) is 5.92 Å². The molecule has 0 bridgehead atoms. The highest BCUT2D eigenvalue weighted by atomic mass is 15.3. The molecule has 1 heterocycles. The molecule has 1 saturated carbocycles. The Labute approximate surface area is 104 Å². The zero-order valence-corrected chi connectivity index (χ0v) is 11.2. The van der Waals surface area contributed by atoms with Crippen molar-refractivity contribution in [2.24, 2.45) is 13.0 Å². The van der Waals surface area contributed by atoms with Crippen molar-refractivity contribution in [3.05, 3.63) is 11.9 Å². The van der Waals surface area contributed by atoms with E-state index in [4.69, 9.17) is 0 Å².